The Morgan fingerprint density at radius 2 is 0.578 bits per heavy atom. The summed E-state index contributed by atoms with van der Waals surface area (Å²) in [5.41, 5.74) is 0. The molecule has 21 nitrogen and oxygen atoms in total. The Kier molecular flexibility index (Phi) is 12.8. The summed E-state index contributed by atoms with van der Waals surface area (Å²) in [6.07, 6.45) is -35.3. The molecule has 0 aromatic carbocycles. The lowest BCUT2D eigenvalue weighted by atomic mass is 9.96. The average Bonchev–Trinajstić information content (AvgIpc) is 3.03. The van der Waals surface area contributed by atoms with Crippen LogP contribution in [0.3, 0.4) is 0 Å². The fourth-order valence-electron chi connectivity index (χ4n) is 5.47. The molecule has 4 saturated heterocycles. The van der Waals surface area contributed by atoms with Gasteiger partial charge in [0.2, 0.25) is 0 Å². The first-order valence-electron chi connectivity index (χ1n) is 14.1. The molecule has 0 aliphatic carbocycles. The van der Waals surface area contributed by atoms with Crippen molar-refractivity contribution >= 4 is 0 Å². The second kappa shape index (κ2) is 15.6. The third-order valence-electron chi connectivity index (χ3n) is 8.19. The normalized spacial score (nSPS) is 52.9. The van der Waals surface area contributed by atoms with E-state index in [9.17, 15) is 71.5 Å². The molecule has 45 heavy (non-hydrogen) atoms. The first kappa shape index (κ1) is 37.0. The van der Waals surface area contributed by atoms with Crippen LogP contribution in [0.25, 0.3) is 0 Å². The minimum Gasteiger partial charge on any atom is -0.394 e. The number of aliphatic hydroxyl groups excluding tert-OH is 14. The maximum absolute atomic E-state index is 10.8. The third kappa shape index (κ3) is 7.44. The quantitative estimate of drug-likeness (QED) is 0.103. The van der Waals surface area contributed by atoms with Crippen LogP contribution < -0.4 is 0 Å². The van der Waals surface area contributed by atoms with Crippen molar-refractivity contribution in [3.63, 3.8) is 0 Å². The molecule has 0 aromatic heterocycles. The van der Waals surface area contributed by atoms with Gasteiger partial charge in [-0.3, -0.25) is 0 Å². The monoisotopic (exact) mass is 666 g/mol. The first-order valence-corrected chi connectivity index (χ1v) is 14.1. The van der Waals surface area contributed by atoms with E-state index < -0.39 is 149 Å². The van der Waals surface area contributed by atoms with Gasteiger partial charge in [-0.2, -0.15) is 0 Å². The lowest BCUT2D eigenvalue weighted by molar-refractivity contribution is -0.400. The molecule has 0 aromatic rings. The van der Waals surface area contributed by atoms with Gasteiger partial charge in [-0.25, -0.2) is 0 Å². The van der Waals surface area contributed by atoms with Crippen LogP contribution in [-0.4, -0.2) is 221 Å². The highest BCUT2D eigenvalue weighted by molar-refractivity contribution is 4.97. The van der Waals surface area contributed by atoms with E-state index in [0.717, 1.165) is 0 Å². The van der Waals surface area contributed by atoms with Crippen molar-refractivity contribution in [1.29, 1.82) is 0 Å². The van der Waals surface area contributed by atoms with Crippen LogP contribution >= 0.6 is 0 Å². The van der Waals surface area contributed by atoms with Crippen LogP contribution in [0.5, 0.6) is 0 Å². The van der Waals surface area contributed by atoms with Crippen LogP contribution in [0.1, 0.15) is 0 Å². The fraction of sp³-hybridized carbons (Fsp3) is 1.00. The summed E-state index contributed by atoms with van der Waals surface area (Å²) >= 11 is 0. The van der Waals surface area contributed by atoms with Crippen LogP contribution in [0.4, 0.5) is 0 Å². The van der Waals surface area contributed by atoms with Crippen molar-refractivity contribution in [2.75, 3.05) is 26.4 Å². The van der Waals surface area contributed by atoms with Gasteiger partial charge < -0.3 is 105 Å². The minimum absolute atomic E-state index is 0.782. The molecule has 21 heteroatoms. The molecule has 14 N–H and O–H groups in total. The summed E-state index contributed by atoms with van der Waals surface area (Å²) < 4.78 is 37.8. The number of hydrogen-bond donors (Lipinski definition) is 14. The zero-order valence-electron chi connectivity index (χ0n) is 23.5. The molecular formula is C24H42O21. The van der Waals surface area contributed by atoms with E-state index in [-0.39, 0.29) is 0 Å². The van der Waals surface area contributed by atoms with E-state index in [4.69, 9.17) is 33.2 Å². The van der Waals surface area contributed by atoms with E-state index in [1.807, 2.05) is 0 Å². The zero-order chi connectivity index (χ0) is 33.3. The Morgan fingerprint density at radius 3 is 0.889 bits per heavy atom. The van der Waals surface area contributed by atoms with Gasteiger partial charge in [0.15, 0.2) is 25.2 Å². The van der Waals surface area contributed by atoms with Crippen LogP contribution in [0.2, 0.25) is 0 Å². The molecular weight excluding hydrogens is 624 g/mol. The topological polar surface area (TPSA) is 348 Å². The molecule has 0 spiro atoms. The maximum atomic E-state index is 10.8. The van der Waals surface area contributed by atoms with Crippen LogP contribution in [0.15, 0.2) is 0 Å². The van der Waals surface area contributed by atoms with Crippen molar-refractivity contribution in [1.82, 2.24) is 0 Å². The minimum atomic E-state index is -2.02. The van der Waals surface area contributed by atoms with Gasteiger partial charge in [0, 0.05) is 0 Å². The van der Waals surface area contributed by atoms with Gasteiger partial charge in [0.1, 0.15) is 97.7 Å². The van der Waals surface area contributed by atoms with Crippen LogP contribution in [0, 0.1) is 0 Å². The molecule has 20 atom stereocenters. The van der Waals surface area contributed by atoms with E-state index in [1.54, 1.807) is 0 Å². The van der Waals surface area contributed by atoms with E-state index in [1.165, 1.54) is 0 Å². The molecule has 4 aliphatic heterocycles. The largest absolute Gasteiger partial charge is 0.394 e. The summed E-state index contributed by atoms with van der Waals surface area (Å²) in [5, 5.41) is 142. The van der Waals surface area contributed by atoms with E-state index in [0.29, 0.717) is 0 Å². The van der Waals surface area contributed by atoms with Crippen molar-refractivity contribution in [2.24, 2.45) is 0 Å². The summed E-state index contributed by atoms with van der Waals surface area (Å²) in [6.45, 7) is -3.35. The van der Waals surface area contributed by atoms with Gasteiger partial charge in [-0.05, 0) is 0 Å². The van der Waals surface area contributed by atoms with Gasteiger partial charge >= 0.3 is 0 Å². The van der Waals surface area contributed by atoms with Crippen LogP contribution in [-0.2, 0) is 33.2 Å². The summed E-state index contributed by atoms with van der Waals surface area (Å²) in [7, 11) is 0. The molecule has 0 amide bonds. The van der Waals surface area contributed by atoms with E-state index >= 15 is 0 Å². The van der Waals surface area contributed by atoms with Crippen molar-refractivity contribution < 1.29 is 105 Å². The summed E-state index contributed by atoms with van der Waals surface area (Å²) in [5.74, 6) is 0. The van der Waals surface area contributed by atoms with Gasteiger partial charge in [-0.1, -0.05) is 0 Å². The predicted molar refractivity (Wildman–Crippen MR) is 134 cm³/mol. The SMILES string of the molecule is OC[C@H]1O[C@@H](O[C@@H]2[C@H](O)[C@@H](O)[C@H](O[C@H]3O[C@H](CO)[C@@H](O[C@@H]4O[C@H](CO)[C@H](O)[C@H](O)[C@H]4O)[C@H](O)[C@H]3O)O[C@@H]2CO)[C@H](O)[C@@H](O)[C@H]1O. The van der Waals surface area contributed by atoms with Gasteiger partial charge in [-0.15, -0.1) is 0 Å². The molecule has 4 heterocycles. The molecule has 4 aliphatic rings. The van der Waals surface area contributed by atoms with Crippen molar-refractivity contribution in [3.8, 4) is 0 Å². The lowest BCUT2D eigenvalue weighted by Gasteiger charge is -2.48. The summed E-state index contributed by atoms with van der Waals surface area (Å²) in [4.78, 5) is 0. The maximum Gasteiger partial charge on any atom is 0.189 e. The highest BCUT2D eigenvalue weighted by Gasteiger charge is 2.54. The molecule has 264 valence electrons. The number of ether oxygens (including phenoxy) is 7. The number of hydrogen-bond acceptors (Lipinski definition) is 21. The highest BCUT2D eigenvalue weighted by atomic mass is 16.8. The average molecular weight is 667 g/mol. The second-order valence-electron chi connectivity index (χ2n) is 11.1. The van der Waals surface area contributed by atoms with Gasteiger partial charge in [0.05, 0.1) is 26.4 Å². The predicted octanol–water partition coefficient (Wildman–Crippen LogP) is -9.75. The summed E-state index contributed by atoms with van der Waals surface area (Å²) in [6, 6.07) is 0. The number of aliphatic hydroxyl groups is 14. The van der Waals surface area contributed by atoms with E-state index in [2.05, 4.69) is 0 Å². The Hall–Kier alpha value is -0.840. The third-order valence-corrected chi connectivity index (χ3v) is 8.19. The Bertz CT molecular complexity index is 840. The molecule has 0 radical (unpaired) electrons. The molecule has 4 fully saturated rings. The molecule has 0 saturated carbocycles. The number of rotatable bonds is 10. The molecule has 0 bridgehead atoms. The fourth-order valence-corrected chi connectivity index (χ4v) is 5.47. The Balaban J connectivity index is 1.41. The molecule has 0 unspecified atom stereocenters. The van der Waals surface area contributed by atoms with Crippen molar-refractivity contribution in [3.05, 3.63) is 0 Å². The Labute approximate surface area is 254 Å². The first-order chi connectivity index (χ1) is 21.3. The highest BCUT2D eigenvalue weighted by Crippen LogP contribution is 2.33. The smallest absolute Gasteiger partial charge is 0.189 e. The standard InChI is InChI=1S/C24H42O21/c25-1-5-9(29)11(31)15(35)21(39-5)43-19-7(3-27)41-23(17(37)13(19)33)45-24-18(38)14(34)20(8(4-28)42-24)44-22-16(36)12(32)10(30)6(2-26)40-22/h5-38H,1-4H2/t5-,6-,7-,8-,9+,10+,11+,12+,13-,14-,15-,16-,17-,18-,19-,20+,21+,22+,23-,24+/m1/s1. The molecule has 4 rings (SSSR count). The van der Waals surface area contributed by atoms with Gasteiger partial charge in [0.25, 0.3) is 0 Å². The van der Waals surface area contributed by atoms with Crippen molar-refractivity contribution in [2.45, 2.75) is 123 Å². The second-order valence-corrected chi connectivity index (χ2v) is 11.1. The Morgan fingerprint density at radius 1 is 0.311 bits per heavy atom. The zero-order valence-corrected chi connectivity index (χ0v) is 23.5. The lowest BCUT2D eigenvalue weighted by Crippen LogP contribution is -2.67.